The van der Waals surface area contributed by atoms with Crippen molar-refractivity contribution in [2.24, 2.45) is 34.0 Å². The molecule has 0 bridgehead atoms. The Balaban J connectivity index is 0.000000300. The largest absolute Gasteiger partial charge is 0.497 e. The van der Waals surface area contributed by atoms with Crippen molar-refractivity contribution in [2.45, 2.75) is 382 Å². The van der Waals surface area contributed by atoms with Gasteiger partial charge in [-0.05, 0) is 231 Å². The van der Waals surface area contributed by atoms with E-state index in [-0.39, 0.29) is 48.7 Å². The molecule has 3 aliphatic carbocycles. The number of ether oxygens (including phenoxy) is 5. The molecule has 130 heavy (non-hydrogen) atoms. The average Bonchev–Trinajstić information content (AvgIpc) is 1.65. The topological polar surface area (TPSA) is 66.2 Å². The first-order valence-electron chi connectivity index (χ1n) is 48.9. The van der Waals surface area contributed by atoms with Crippen LogP contribution in [0.5, 0.6) is 28.7 Å². The van der Waals surface area contributed by atoms with Crippen molar-refractivity contribution in [2.75, 3.05) is 34.2 Å². The molecule has 0 atom stereocenters. The summed E-state index contributed by atoms with van der Waals surface area (Å²) >= 11 is 0. The van der Waals surface area contributed by atoms with Crippen molar-refractivity contribution >= 4 is 16.5 Å². The smallest absolute Gasteiger partial charge is 0.255 e. The molecule has 0 saturated heterocycles. The Hall–Kier alpha value is -8.60. The van der Waals surface area contributed by atoms with Gasteiger partial charge in [0.25, 0.3) is 5.69 Å². The molecule has 0 spiro atoms. The summed E-state index contributed by atoms with van der Waals surface area (Å²) in [6, 6.07) is 69.2. The van der Waals surface area contributed by atoms with E-state index in [2.05, 4.69) is 402 Å². The van der Waals surface area contributed by atoms with E-state index in [0.717, 1.165) is 56.8 Å². The highest BCUT2D eigenvalue weighted by Crippen LogP contribution is 2.43. The van der Waals surface area contributed by atoms with Gasteiger partial charge < -0.3 is 23.7 Å². The number of hydrogen-bond donors (Lipinski definition) is 0. The third kappa shape index (κ3) is 43.0. The number of benzene rings is 9. The summed E-state index contributed by atoms with van der Waals surface area (Å²) in [6.45, 7) is 84.7. The first kappa shape index (κ1) is 114. The second kappa shape index (κ2) is 49.4. The summed E-state index contributed by atoms with van der Waals surface area (Å²) in [5.74, 6) is 10.1. The lowest BCUT2D eigenvalue weighted by Crippen LogP contribution is -2.22. The van der Waals surface area contributed by atoms with Gasteiger partial charge in [0.1, 0.15) is 19.0 Å². The molecule has 0 aromatic heterocycles. The molecule has 0 amide bonds. The van der Waals surface area contributed by atoms with Gasteiger partial charge in [0.2, 0.25) is 6.79 Å². The van der Waals surface area contributed by atoms with Crippen LogP contribution in [0.4, 0.5) is 5.69 Å². The molecule has 0 N–H and O–H groups in total. The number of aryl methyl sites for hydroxylation is 1. The Kier molecular flexibility index (Phi) is 43.2. The lowest BCUT2D eigenvalue weighted by molar-refractivity contribution is -0.428. The maximum absolute atomic E-state index is 11.0. The fraction of sp³-hybridized carbons (Fsp3) is 0.561. The zero-order valence-corrected chi connectivity index (χ0v) is 89.9. The van der Waals surface area contributed by atoms with Gasteiger partial charge in [-0.15, -0.1) is 6.42 Å². The molecular formula is C123H184NO6+. The first-order chi connectivity index (χ1) is 59.7. The number of methoxy groups -OCH3 is 1. The van der Waals surface area contributed by atoms with E-state index >= 15 is 0 Å². The van der Waals surface area contributed by atoms with Crippen molar-refractivity contribution in [3.63, 3.8) is 0 Å². The Morgan fingerprint density at radius 2 is 0.669 bits per heavy atom. The van der Waals surface area contributed by atoms with Gasteiger partial charge in [-0.2, -0.15) is 0 Å². The number of terminal acetylenes is 1. The maximum atomic E-state index is 11.0. The Morgan fingerprint density at radius 3 is 1.05 bits per heavy atom. The van der Waals surface area contributed by atoms with E-state index in [9.17, 15) is 4.91 Å². The Bertz CT molecular complexity index is 4830. The SMILES string of the molecule is C#Cc1cccc(C(C)(C)C)c1.CC(C)(C)C1CCCC1.CC(C)(C)C1CCCCC1.CC(C)(C)CC1CC1.CC(C)(C)c1ccc2c(c1)OCCO2.CC(C)(C)c1ccc2c(c1)OCO2.CC(C)(C)c1ccc2ccccc2c1.CC(C)(C)c1cccc(C(C)(C)C)c1.COc1ccc(C(C)(C)C)cc1.C[N+](=O)c1cccc(C(C)(C)C)c1.Cc1cccc(C(C)(C)C)c1. The van der Waals surface area contributed by atoms with Crippen LogP contribution in [0.25, 0.3) is 10.8 Å². The highest BCUT2D eigenvalue weighted by atomic mass is 16.7. The van der Waals surface area contributed by atoms with E-state index in [1.54, 1.807) is 7.11 Å². The van der Waals surface area contributed by atoms with Crippen LogP contribution >= 0.6 is 0 Å². The quantitative estimate of drug-likeness (QED) is 0.130. The molecule has 716 valence electrons. The van der Waals surface area contributed by atoms with Crippen molar-refractivity contribution in [3.8, 4) is 41.1 Å². The Morgan fingerprint density at radius 1 is 0.331 bits per heavy atom. The van der Waals surface area contributed by atoms with E-state index in [1.807, 2.05) is 60.7 Å². The average molecular weight is 1770 g/mol. The molecule has 7 nitrogen and oxygen atoms in total. The monoisotopic (exact) mass is 1770 g/mol. The fourth-order valence-electron chi connectivity index (χ4n) is 15.4. The normalized spacial score (nSPS) is 14.7. The first-order valence-corrected chi connectivity index (χ1v) is 48.9. The minimum absolute atomic E-state index is 0.103. The summed E-state index contributed by atoms with van der Waals surface area (Å²) in [7, 11) is 3.20. The number of hydrogen-bond acceptors (Lipinski definition) is 6. The van der Waals surface area contributed by atoms with E-state index in [4.69, 9.17) is 30.1 Å². The number of fused-ring (bicyclic) bond motifs is 3. The standard InChI is InChI=1S/C14H16.C14H22.C12H16O2.C12H14.C11H16NO.C11H14O2.C11H16O.C11H16.C10H20.C9H18.C8H16/c1-14(2,3)13-9-8-11-6-4-5-7-12(11)10-13;1-13(2,3)11-8-7-9-12(10-11)14(4,5)6;1-12(2,3)9-4-5-10-11(8-9)14-7-6-13-10;1-5-10-7-6-8-11(9-10)12(2,3)4;1-11(2,3)9-6-5-7-10(8-9)12(4)13;1-11(2,3)8-4-5-9-10(6-8)13-7-12-9;1-11(2,3)9-5-7-10(12-4)8-6-9;1-9-6-5-7-10(8-9)11(2,3)4;1-10(2,3)9-7-5-4-6-8-9;1-9(2,3)8-6-4-5-7-8;1-8(2,3)6-7-4-5-7/h4-10H,1-3H3;7-10H,1-6H3;4-5,8H,6-7H2,1-3H3;1,6-9H,2-4H3;5-8H,1-4H3;4-6H,7H2,1-3H3;5-8H,1-4H3;5-8H,1-4H3;9H,4-8H2,1-3H3;8H,4-7H2,1-3H3;7H,4-6H2,1-3H3/q;;;;+1;;;;;;. The molecule has 3 fully saturated rings. The molecular weight excluding hydrogens is 1590 g/mol. The zero-order valence-electron chi connectivity index (χ0n) is 89.9. The van der Waals surface area contributed by atoms with Gasteiger partial charge in [-0.25, -0.2) is 0 Å². The third-order valence-corrected chi connectivity index (χ3v) is 24.7. The summed E-state index contributed by atoms with van der Waals surface area (Å²) in [5, 5.41) is 2.65. The van der Waals surface area contributed by atoms with Gasteiger partial charge in [0, 0.05) is 27.4 Å². The molecule has 14 rings (SSSR count). The van der Waals surface area contributed by atoms with Crippen molar-refractivity contribution in [1.82, 2.24) is 0 Å². The van der Waals surface area contributed by atoms with Gasteiger partial charge in [0.05, 0.1) is 7.11 Å². The predicted molar refractivity (Wildman–Crippen MR) is 567 cm³/mol. The van der Waals surface area contributed by atoms with Crippen molar-refractivity contribution in [1.29, 1.82) is 0 Å². The third-order valence-electron chi connectivity index (χ3n) is 24.7. The molecule has 2 aliphatic heterocycles. The predicted octanol–water partition coefficient (Wildman–Crippen LogP) is 35.8. The summed E-state index contributed by atoms with van der Waals surface area (Å²) < 4.78 is 27.5. The van der Waals surface area contributed by atoms with Crippen molar-refractivity contribution < 1.29 is 28.4 Å². The van der Waals surface area contributed by atoms with Crippen LogP contribution < -0.4 is 23.7 Å². The van der Waals surface area contributed by atoms with Crippen LogP contribution in [0.2, 0.25) is 0 Å². The lowest BCUT2D eigenvalue weighted by Gasteiger charge is -2.33. The number of rotatable bonds is 3. The van der Waals surface area contributed by atoms with Crippen LogP contribution in [-0.2, 0) is 48.7 Å². The second-order valence-electron chi connectivity index (χ2n) is 49.4. The minimum Gasteiger partial charge on any atom is -0.497 e. The summed E-state index contributed by atoms with van der Waals surface area (Å²) in [6.07, 6.45) is 23.0. The Labute approximate surface area is 797 Å². The maximum Gasteiger partial charge on any atom is 0.255 e. The molecule has 9 aromatic rings. The molecule has 2 heterocycles. The van der Waals surface area contributed by atoms with Crippen LogP contribution in [0.15, 0.2) is 200 Å². The van der Waals surface area contributed by atoms with E-state index < -0.39 is 0 Å². The van der Waals surface area contributed by atoms with Crippen LogP contribution in [0, 0.1) is 58.2 Å². The number of nitroso groups, excluding NO2 is 1. The van der Waals surface area contributed by atoms with E-state index in [0.29, 0.717) is 41.9 Å². The zero-order chi connectivity index (χ0) is 98.5. The van der Waals surface area contributed by atoms with Gasteiger partial charge in [-0.3, -0.25) is 0 Å². The molecule has 9 aromatic carbocycles. The van der Waals surface area contributed by atoms with Gasteiger partial charge >= 0.3 is 0 Å². The van der Waals surface area contributed by atoms with Crippen LogP contribution in [0.1, 0.15) is 388 Å². The minimum atomic E-state index is 0.103. The van der Waals surface area contributed by atoms with Crippen LogP contribution in [-0.4, -0.2) is 38.9 Å². The molecule has 7 heteroatoms. The highest BCUT2D eigenvalue weighted by Gasteiger charge is 2.30. The molecule has 0 radical (unpaired) electrons. The molecule has 5 aliphatic rings. The summed E-state index contributed by atoms with van der Waals surface area (Å²) in [5.41, 5.74) is 18.7. The highest BCUT2D eigenvalue weighted by molar-refractivity contribution is 5.83. The summed E-state index contributed by atoms with van der Waals surface area (Å²) in [4.78, 5) is 11.0. The molecule has 0 unspecified atom stereocenters. The van der Waals surface area contributed by atoms with E-state index in [1.165, 1.54) is 151 Å². The second-order valence-corrected chi connectivity index (χ2v) is 49.4. The fourth-order valence-corrected chi connectivity index (χ4v) is 15.4. The van der Waals surface area contributed by atoms with Crippen LogP contribution in [0.3, 0.4) is 0 Å². The van der Waals surface area contributed by atoms with Crippen molar-refractivity contribution in [3.05, 3.63) is 266 Å². The van der Waals surface area contributed by atoms with Gasteiger partial charge in [-0.1, -0.05) is 445 Å². The number of nitrogens with zero attached hydrogens (tertiary/aromatic N) is 1. The lowest BCUT2D eigenvalue weighted by atomic mass is 9.72. The van der Waals surface area contributed by atoms with Gasteiger partial charge in [0.15, 0.2) is 30.0 Å². The molecule has 3 saturated carbocycles.